The first-order valence-corrected chi connectivity index (χ1v) is 12.2. The van der Waals surface area contributed by atoms with E-state index in [-0.39, 0.29) is 18.4 Å². The molecule has 1 atom stereocenters. The van der Waals surface area contributed by atoms with E-state index < -0.39 is 35.2 Å². The first-order chi connectivity index (χ1) is 16.5. The fourth-order valence-electron chi connectivity index (χ4n) is 3.63. The van der Waals surface area contributed by atoms with Crippen molar-refractivity contribution in [3.05, 3.63) is 81.3 Å². The number of amides is 2. The number of aliphatic carboxylic acids is 1. The van der Waals surface area contributed by atoms with E-state index in [0.29, 0.717) is 16.3 Å². The highest BCUT2D eigenvalue weighted by molar-refractivity contribution is 7.16. The van der Waals surface area contributed by atoms with E-state index in [9.17, 15) is 18.8 Å². The van der Waals surface area contributed by atoms with Crippen molar-refractivity contribution in [3.63, 3.8) is 0 Å². The van der Waals surface area contributed by atoms with Crippen LogP contribution in [0.1, 0.15) is 41.9 Å². The molecule has 35 heavy (non-hydrogen) atoms. The molecule has 3 rings (SSSR count). The summed E-state index contributed by atoms with van der Waals surface area (Å²) in [7, 11) is 0. The maximum absolute atomic E-state index is 14.8. The molecule has 2 aromatic carbocycles. The van der Waals surface area contributed by atoms with Gasteiger partial charge < -0.3 is 15.7 Å². The van der Waals surface area contributed by atoms with Gasteiger partial charge in [0.05, 0.1) is 9.90 Å². The second-order valence-electron chi connectivity index (χ2n) is 8.77. The van der Waals surface area contributed by atoms with Crippen LogP contribution >= 0.6 is 22.9 Å². The average Bonchev–Trinajstić information content (AvgIpc) is 3.19. The molecule has 0 aliphatic heterocycles. The van der Waals surface area contributed by atoms with Crippen LogP contribution in [0.3, 0.4) is 0 Å². The quantitative estimate of drug-likeness (QED) is 0.340. The van der Waals surface area contributed by atoms with Crippen molar-refractivity contribution in [1.82, 2.24) is 10.6 Å². The zero-order chi connectivity index (χ0) is 25.6. The lowest BCUT2D eigenvalue weighted by molar-refractivity contribution is -0.137. The lowest BCUT2D eigenvalue weighted by Crippen LogP contribution is -2.54. The first-order valence-electron chi connectivity index (χ1n) is 11.0. The Balaban J connectivity index is 1.73. The van der Waals surface area contributed by atoms with Crippen LogP contribution in [-0.4, -0.2) is 34.5 Å². The number of carbonyl (C=O) groups excluding carboxylic acids is 2. The summed E-state index contributed by atoms with van der Waals surface area (Å²) in [6.45, 7) is 3.63. The molecular weight excluding hydrogens is 491 g/mol. The van der Waals surface area contributed by atoms with Crippen molar-refractivity contribution in [2.24, 2.45) is 0 Å². The van der Waals surface area contributed by atoms with Gasteiger partial charge in [0.25, 0.3) is 5.91 Å². The third kappa shape index (κ3) is 7.63. The van der Waals surface area contributed by atoms with Crippen LogP contribution < -0.4 is 10.6 Å². The van der Waals surface area contributed by atoms with Gasteiger partial charge in [0.1, 0.15) is 11.9 Å². The standard InChI is InChI=1S/C26H26ClFN2O4S/c1-26(2,15-18-9-12-22(27)35-18)30-25(34)21(11-13-23(31)32)29-24(33)19-10-8-17(14-20(19)28)16-6-4-3-5-7-16/h3-10,12,14,21H,11,13,15H2,1-2H3,(H,29,33)(H,30,34)(H,31,32)/t21-/m0/s1. The zero-order valence-electron chi connectivity index (χ0n) is 19.3. The Labute approximate surface area is 212 Å². The molecule has 1 aromatic heterocycles. The summed E-state index contributed by atoms with van der Waals surface area (Å²) in [6, 6.07) is 15.9. The number of carboxylic acid groups (broad SMARTS) is 1. The topological polar surface area (TPSA) is 95.5 Å². The number of thiophene rings is 1. The fourth-order valence-corrected chi connectivity index (χ4v) is 4.95. The predicted molar refractivity (Wildman–Crippen MR) is 135 cm³/mol. The summed E-state index contributed by atoms with van der Waals surface area (Å²) in [5.74, 6) is -3.19. The molecule has 0 unspecified atom stereocenters. The SMILES string of the molecule is CC(C)(Cc1ccc(Cl)s1)NC(=O)[C@H](CCC(=O)O)NC(=O)c1ccc(-c2ccccc2)cc1F. The molecular formula is C26H26ClFN2O4S. The molecule has 6 nitrogen and oxygen atoms in total. The lowest BCUT2D eigenvalue weighted by atomic mass is 9.98. The molecule has 0 fully saturated rings. The third-order valence-corrected chi connectivity index (χ3v) is 6.53. The van der Waals surface area contributed by atoms with Gasteiger partial charge in [-0.2, -0.15) is 0 Å². The third-order valence-electron chi connectivity index (χ3n) is 5.30. The molecule has 0 saturated carbocycles. The predicted octanol–water partition coefficient (Wildman–Crippen LogP) is 5.31. The minimum absolute atomic E-state index is 0.141. The van der Waals surface area contributed by atoms with Crippen molar-refractivity contribution in [1.29, 1.82) is 0 Å². The van der Waals surface area contributed by atoms with Gasteiger partial charge in [0.2, 0.25) is 5.91 Å². The average molecular weight is 517 g/mol. The summed E-state index contributed by atoms with van der Waals surface area (Å²) < 4.78 is 15.4. The smallest absolute Gasteiger partial charge is 0.303 e. The number of carbonyl (C=O) groups is 3. The molecule has 0 aliphatic carbocycles. The number of benzene rings is 2. The summed E-state index contributed by atoms with van der Waals surface area (Å²) in [5.41, 5.74) is 0.479. The Morgan fingerprint density at radius 2 is 1.77 bits per heavy atom. The molecule has 3 aromatic rings. The lowest BCUT2D eigenvalue weighted by Gasteiger charge is -2.29. The molecule has 0 aliphatic rings. The van der Waals surface area contributed by atoms with Gasteiger partial charge in [-0.3, -0.25) is 14.4 Å². The van der Waals surface area contributed by atoms with Crippen LogP contribution in [0.4, 0.5) is 4.39 Å². The highest BCUT2D eigenvalue weighted by Crippen LogP contribution is 2.25. The Morgan fingerprint density at radius 1 is 1.06 bits per heavy atom. The van der Waals surface area contributed by atoms with Gasteiger partial charge in [0, 0.05) is 23.3 Å². The minimum Gasteiger partial charge on any atom is -0.481 e. The van der Waals surface area contributed by atoms with Crippen LogP contribution in [0.25, 0.3) is 11.1 Å². The molecule has 9 heteroatoms. The normalized spacial score (nSPS) is 12.1. The number of hydrogen-bond donors (Lipinski definition) is 3. The Morgan fingerprint density at radius 3 is 2.37 bits per heavy atom. The van der Waals surface area contributed by atoms with Gasteiger partial charge in [-0.25, -0.2) is 4.39 Å². The maximum atomic E-state index is 14.8. The second kappa shape index (κ2) is 11.5. The van der Waals surface area contributed by atoms with Gasteiger partial charge in [0.15, 0.2) is 0 Å². The van der Waals surface area contributed by atoms with E-state index in [4.69, 9.17) is 16.7 Å². The summed E-state index contributed by atoms with van der Waals surface area (Å²) in [4.78, 5) is 37.9. The molecule has 0 spiro atoms. The van der Waals surface area contributed by atoms with Crippen LogP contribution in [0.5, 0.6) is 0 Å². The van der Waals surface area contributed by atoms with Crippen LogP contribution in [-0.2, 0) is 16.0 Å². The van der Waals surface area contributed by atoms with Crippen LogP contribution in [0, 0.1) is 5.82 Å². The monoisotopic (exact) mass is 516 g/mol. The van der Waals surface area contributed by atoms with Gasteiger partial charge in [-0.15, -0.1) is 11.3 Å². The summed E-state index contributed by atoms with van der Waals surface area (Å²) in [5, 5.41) is 14.5. The molecule has 1 heterocycles. The van der Waals surface area contributed by atoms with E-state index in [0.717, 1.165) is 10.4 Å². The van der Waals surface area contributed by atoms with Crippen molar-refractivity contribution in [3.8, 4) is 11.1 Å². The Bertz CT molecular complexity index is 1210. The molecule has 0 saturated heterocycles. The Kier molecular flexibility index (Phi) is 8.64. The van der Waals surface area contributed by atoms with Crippen molar-refractivity contribution >= 4 is 40.7 Å². The van der Waals surface area contributed by atoms with E-state index in [1.807, 2.05) is 50.2 Å². The molecule has 2 amide bonds. The Hall–Kier alpha value is -3.23. The largest absolute Gasteiger partial charge is 0.481 e. The van der Waals surface area contributed by atoms with E-state index >= 15 is 0 Å². The van der Waals surface area contributed by atoms with Crippen molar-refractivity contribution in [2.75, 3.05) is 0 Å². The van der Waals surface area contributed by atoms with Crippen LogP contribution in [0.2, 0.25) is 4.34 Å². The highest BCUT2D eigenvalue weighted by Gasteiger charge is 2.29. The molecule has 0 bridgehead atoms. The van der Waals surface area contributed by atoms with E-state index in [1.165, 1.54) is 23.5 Å². The number of carboxylic acids is 1. The molecule has 0 radical (unpaired) electrons. The number of rotatable bonds is 10. The second-order valence-corrected chi connectivity index (χ2v) is 10.6. The first kappa shape index (κ1) is 26.4. The summed E-state index contributed by atoms with van der Waals surface area (Å²) in [6.07, 6.45) is 0.0115. The zero-order valence-corrected chi connectivity index (χ0v) is 20.9. The number of halogens is 2. The van der Waals surface area contributed by atoms with Gasteiger partial charge in [-0.1, -0.05) is 48.0 Å². The molecule has 3 N–H and O–H groups in total. The van der Waals surface area contributed by atoms with E-state index in [2.05, 4.69) is 10.6 Å². The van der Waals surface area contributed by atoms with Crippen molar-refractivity contribution in [2.45, 2.75) is 44.7 Å². The molecule has 184 valence electrons. The number of hydrogen-bond acceptors (Lipinski definition) is 4. The van der Waals surface area contributed by atoms with E-state index in [1.54, 1.807) is 12.1 Å². The van der Waals surface area contributed by atoms with Crippen LogP contribution in [0.15, 0.2) is 60.7 Å². The fraction of sp³-hybridized carbons (Fsp3) is 0.269. The van der Waals surface area contributed by atoms with Crippen molar-refractivity contribution < 1.29 is 23.9 Å². The summed E-state index contributed by atoms with van der Waals surface area (Å²) >= 11 is 7.38. The van der Waals surface area contributed by atoms with Gasteiger partial charge in [-0.05, 0) is 55.7 Å². The van der Waals surface area contributed by atoms with Gasteiger partial charge >= 0.3 is 5.97 Å². The highest BCUT2D eigenvalue weighted by atomic mass is 35.5. The maximum Gasteiger partial charge on any atom is 0.303 e. The number of nitrogens with one attached hydrogen (secondary N) is 2. The minimum atomic E-state index is -1.15.